The second-order valence-electron chi connectivity index (χ2n) is 3.66. The van der Waals surface area contributed by atoms with Gasteiger partial charge in [0.2, 0.25) is 5.91 Å². The van der Waals surface area contributed by atoms with Gasteiger partial charge in [-0.1, -0.05) is 0 Å². The van der Waals surface area contributed by atoms with Gasteiger partial charge in [0.1, 0.15) is 0 Å². The summed E-state index contributed by atoms with van der Waals surface area (Å²) in [6, 6.07) is 0. The van der Waals surface area contributed by atoms with Crippen molar-refractivity contribution in [2.75, 3.05) is 31.2 Å². The summed E-state index contributed by atoms with van der Waals surface area (Å²) in [7, 11) is 0. The topological polar surface area (TPSA) is 29.5 Å². The van der Waals surface area contributed by atoms with Crippen LogP contribution in [-0.2, 0) is 9.53 Å². The van der Waals surface area contributed by atoms with Gasteiger partial charge in [0.15, 0.2) is 0 Å². The van der Waals surface area contributed by atoms with E-state index in [1.165, 1.54) is 0 Å². The SMILES string of the molecule is CC(C)OCCC(=O)N1CCSCC1. The smallest absolute Gasteiger partial charge is 0.224 e. The number of amides is 1. The van der Waals surface area contributed by atoms with Crippen LogP contribution in [0, 0.1) is 0 Å². The standard InChI is InChI=1S/C10H19NO2S/c1-9(2)13-6-3-10(12)11-4-7-14-8-5-11/h9H,3-8H2,1-2H3. The Bertz CT molecular complexity index is 179. The van der Waals surface area contributed by atoms with Gasteiger partial charge in [-0.25, -0.2) is 0 Å². The number of nitrogens with zero attached hydrogens (tertiary/aromatic N) is 1. The Morgan fingerprint density at radius 1 is 1.43 bits per heavy atom. The maximum atomic E-state index is 11.6. The lowest BCUT2D eigenvalue weighted by Crippen LogP contribution is -2.38. The highest BCUT2D eigenvalue weighted by atomic mass is 32.2. The maximum Gasteiger partial charge on any atom is 0.224 e. The van der Waals surface area contributed by atoms with E-state index in [-0.39, 0.29) is 12.0 Å². The number of ether oxygens (including phenoxy) is 1. The Morgan fingerprint density at radius 2 is 2.07 bits per heavy atom. The molecule has 0 aromatic rings. The number of rotatable bonds is 4. The van der Waals surface area contributed by atoms with E-state index in [0.717, 1.165) is 24.6 Å². The Hall–Kier alpha value is -0.220. The van der Waals surface area contributed by atoms with E-state index >= 15 is 0 Å². The fourth-order valence-corrected chi connectivity index (χ4v) is 2.26. The van der Waals surface area contributed by atoms with Crippen molar-refractivity contribution in [3.8, 4) is 0 Å². The number of hydrogen-bond donors (Lipinski definition) is 0. The molecule has 0 atom stereocenters. The molecule has 0 spiro atoms. The summed E-state index contributed by atoms with van der Waals surface area (Å²) >= 11 is 1.92. The quantitative estimate of drug-likeness (QED) is 0.712. The van der Waals surface area contributed by atoms with Gasteiger partial charge >= 0.3 is 0 Å². The van der Waals surface area contributed by atoms with Crippen molar-refractivity contribution < 1.29 is 9.53 Å². The second-order valence-corrected chi connectivity index (χ2v) is 4.89. The van der Waals surface area contributed by atoms with Crippen LogP contribution >= 0.6 is 11.8 Å². The fourth-order valence-electron chi connectivity index (χ4n) is 1.35. The monoisotopic (exact) mass is 217 g/mol. The zero-order valence-corrected chi connectivity index (χ0v) is 9.81. The van der Waals surface area contributed by atoms with Crippen LogP contribution in [0.15, 0.2) is 0 Å². The molecule has 1 fully saturated rings. The number of carbonyl (C=O) groups is 1. The molecule has 1 aliphatic rings. The van der Waals surface area contributed by atoms with Crippen molar-refractivity contribution in [1.29, 1.82) is 0 Å². The number of carbonyl (C=O) groups excluding carboxylic acids is 1. The molecule has 1 aliphatic heterocycles. The predicted octanol–water partition coefficient (Wildman–Crippen LogP) is 1.38. The summed E-state index contributed by atoms with van der Waals surface area (Å²) in [6.45, 7) is 6.35. The fraction of sp³-hybridized carbons (Fsp3) is 0.900. The van der Waals surface area contributed by atoms with E-state index in [9.17, 15) is 4.79 Å². The van der Waals surface area contributed by atoms with Gasteiger partial charge in [0.05, 0.1) is 19.1 Å². The van der Waals surface area contributed by atoms with E-state index in [2.05, 4.69) is 0 Å². The Balaban J connectivity index is 2.13. The molecule has 0 unspecified atom stereocenters. The molecule has 82 valence electrons. The first kappa shape index (κ1) is 11.9. The molecular weight excluding hydrogens is 198 g/mol. The van der Waals surface area contributed by atoms with Crippen molar-refractivity contribution in [2.45, 2.75) is 26.4 Å². The molecule has 0 bridgehead atoms. The van der Waals surface area contributed by atoms with Crippen LogP contribution in [0.5, 0.6) is 0 Å². The molecule has 4 heteroatoms. The van der Waals surface area contributed by atoms with Crippen molar-refractivity contribution in [1.82, 2.24) is 4.90 Å². The molecule has 1 amide bonds. The summed E-state index contributed by atoms with van der Waals surface area (Å²) in [4.78, 5) is 13.6. The van der Waals surface area contributed by atoms with Crippen molar-refractivity contribution in [2.24, 2.45) is 0 Å². The molecule has 1 saturated heterocycles. The van der Waals surface area contributed by atoms with Crippen LogP contribution in [0.3, 0.4) is 0 Å². The molecule has 0 saturated carbocycles. The van der Waals surface area contributed by atoms with Crippen LogP contribution in [0.25, 0.3) is 0 Å². The average Bonchev–Trinajstić information content (AvgIpc) is 2.18. The molecule has 0 aromatic heterocycles. The van der Waals surface area contributed by atoms with Gasteiger partial charge in [-0.3, -0.25) is 4.79 Å². The molecule has 0 aliphatic carbocycles. The van der Waals surface area contributed by atoms with E-state index < -0.39 is 0 Å². The minimum absolute atomic E-state index is 0.222. The second kappa shape index (κ2) is 6.30. The zero-order valence-electron chi connectivity index (χ0n) is 8.99. The lowest BCUT2D eigenvalue weighted by Gasteiger charge is -2.26. The molecule has 3 nitrogen and oxygen atoms in total. The molecule has 1 rings (SSSR count). The molecule has 0 aromatic carbocycles. The average molecular weight is 217 g/mol. The van der Waals surface area contributed by atoms with Crippen molar-refractivity contribution in [3.05, 3.63) is 0 Å². The minimum Gasteiger partial charge on any atom is -0.378 e. The largest absolute Gasteiger partial charge is 0.378 e. The first-order valence-electron chi connectivity index (χ1n) is 5.17. The molecular formula is C10H19NO2S. The third-order valence-corrected chi connectivity index (χ3v) is 3.07. The van der Waals surface area contributed by atoms with E-state index in [1.54, 1.807) is 0 Å². The van der Waals surface area contributed by atoms with Crippen molar-refractivity contribution >= 4 is 17.7 Å². The van der Waals surface area contributed by atoms with Crippen LogP contribution in [0.1, 0.15) is 20.3 Å². The van der Waals surface area contributed by atoms with Crippen LogP contribution < -0.4 is 0 Å². The first-order chi connectivity index (χ1) is 6.70. The van der Waals surface area contributed by atoms with Crippen LogP contribution in [0.2, 0.25) is 0 Å². The Labute approximate surface area is 90.2 Å². The summed E-state index contributed by atoms with van der Waals surface area (Å²) in [6.07, 6.45) is 0.753. The Kier molecular flexibility index (Phi) is 5.33. The lowest BCUT2D eigenvalue weighted by molar-refractivity contribution is -0.132. The van der Waals surface area contributed by atoms with Gasteiger partial charge in [-0.05, 0) is 13.8 Å². The number of hydrogen-bond acceptors (Lipinski definition) is 3. The van der Waals surface area contributed by atoms with Crippen LogP contribution in [-0.4, -0.2) is 48.1 Å². The van der Waals surface area contributed by atoms with E-state index in [1.807, 2.05) is 30.5 Å². The van der Waals surface area contributed by atoms with Gasteiger partial charge in [-0.2, -0.15) is 11.8 Å². The van der Waals surface area contributed by atoms with E-state index in [0.29, 0.717) is 13.0 Å². The molecule has 0 N–H and O–H groups in total. The number of thioether (sulfide) groups is 1. The van der Waals surface area contributed by atoms with Crippen molar-refractivity contribution in [3.63, 3.8) is 0 Å². The highest BCUT2D eigenvalue weighted by molar-refractivity contribution is 7.99. The lowest BCUT2D eigenvalue weighted by atomic mass is 10.3. The predicted molar refractivity (Wildman–Crippen MR) is 59.6 cm³/mol. The zero-order chi connectivity index (χ0) is 10.4. The first-order valence-corrected chi connectivity index (χ1v) is 6.32. The summed E-state index contributed by atoms with van der Waals surface area (Å²) in [5.74, 6) is 2.40. The summed E-state index contributed by atoms with van der Waals surface area (Å²) in [5, 5.41) is 0. The molecule has 0 radical (unpaired) electrons. The van der Waals surface area contributed by atoms with Crippen LogP contribution in [0.4, 0.5) is 0 Å². The third kappa shape index (κ3) is 4.33. The van der Waals surface area contributed by atoms with Gasteiger partial charge in [-0.15, -0.1) is 0 Å². The maximum absolute atomic E-state index is 11.6. The molecule has 1 heterocycles. The normalized spacial score (nSPS) is 17.5. The summed E-state index contributed by atoms with van der Waals surface area (Å²) in [5.41, 5.74) is 0. The molecule has 14 heavy (non-hydrogen) atoms. The van der Waals surface area contributed by atoms with E-state index in [4.69, 9.17) is 4.74 Å². The van der Waals surface area contributed by atoms with Gasteiger partial charge in [0, 0.05) is 24.6 Å². The third-order valence-electron chi connectivity index (χ3n) is 2.13. The highest BCUT2D eigenvalue weighted by Gasteiger charge is 2.15. The van der Waals surface area contributed by atoms with Gasteiger partial charge in [0.25, 0.3) is 0 Å². The minimum atomic E-state index is 0.222. The highest BCUT2D eigenvalue weighted by Crippen LogP contribution is 2.10. The Morgan fingerprint density at radius 3 is 2.64 bits per heavy atom. The van der Waals surface area contributed by atoms with Gasteiger partial charge < -0.3 is 9.64 Å². The summed E-state index contributed by atoms with van der Waals surface area (Å²) < 4.78 is 5.35.